The van der Waals surface area contributed by atoms with Crippen LogP contribution in [0.4, 0.5) is 0 Å². The van der Waals surface area contributed by atoms with Crippen LogP contribution in [0, 0.1) is 0 Å². The molecule has 0 amide bonds. The number of aryl methyl sites for hydroxylation is 1. The summed E-state index contributed by atoms with van der Waals surface area (Å²) in [5.41, 5.74) is 1.23. The summed E-state index contributed by atoms with van der Waals surface area (Å²) in [4.78, 5) is 14.3. The molecule has 0 saturated carbocycles. The number of fused-ring (bicyclic) bond motifs is 1. The van der Waals surface area contributed by atoms with Gasteiger partial charge in [-0.15, -0.1) is 0 Å². The Labute approximate surface area is 167 Å². The molecule has 0 atom stereocenters. The molecule has 3 aromatic rings. The molecule has 3 rings (SSSR count). The Morgan fingerprint density at radius 1 is 1.24 bits per heavy atom. The Morgan fingerprint density at radius 3 is 2.59 bits per heavy atom. The van der Waals surface area contributed by atoms with Gasteiger partial charge >= 0.3 is 5.97 Å². The molecule has 0 radical (unpaired) electrons. The van der Waals surface area contributed by atoms with Crippen molar-refractivity contribution in [3.8, 4) is 17.2 Å². The van der Waals surface area contributed by atoms with Crippen LogP contribution in [0.1, 0.15) is 25.7 Å². The monoisotopic (exact) mass is 420 g/mol. The van der Waals surface area contributed by atoms with Crippen LogP contribution in [0.3, 0.4) is 0 Å². The summed E-state index contributed by atoms with van der Waals surface area (Å²) >= 11 is 0. The van der Waals surface area contributed by atoms with Crippen LogP contribution in [0.5, 0.6) is 5.75 Å². The quantitative estimate of drug-likeness (QED) is 0.317. The van der Waals surface area contributed by atoms with Crippen molar-refractivity contribution in [3.05, 3.63) is 36.7 Å². The van der Waals surface area contributed by atoms with Gasteiger partial charge in [-0.3, -0.25) is 4.79 Å². The lowest BCUT2D eigenvalue weighted by Crippen LogP contribution is -2.32. The number of aliphatic carboxylic acids is 1. The van der Waals surface area contributed by atoms with Crippen molar-refractivity contribution in [1.29, 1.82) is 0 Å². The Kier molecular flexibility index (Phi) is 6.14. The fourth-order valence-electron chi connectivity index (χ4n) is 2.91. The van der Waals surface area contributed by atoms with Gasteiger partial charge < -0.3 is 18.8 Å². The van der Waals surface area contributed by atoms with Crippen LogP contribution in [0.15, 0.2) is 46.0 Å². The highest BCUT2D eigenvalue weighted by Gasteiger charge is 2.17. The Morgan fingerprint density at radius 2 is 1.97 bits per heavy atom. The second kappa shape index (κ2) is 8.58. The van der Waals surface area contributed by atoms with Gasteiger partial charge in [0.05, 0.1) is 12.0 Å². The summed E-state index contributed by atoms with van der Waals surface area (Å²) in [7, 11) is -3.44. The fourth-order valence-corrected chi connectivity index (χ4v) is 3.56. The van der Waals surface area contributed by atoms with E-state index in [0.29, 0.717) is 17.6 Å². The van der Waals surface area contributed by atoms with Crippen molar-refractivity contribution in [1.82, 2.24) is 4.98 Å². The first-order valence-electron chi connectivity index (χ1n) is 8.93. The third-order valence-electron chi connectivity index (χ3n) is 4.39. The average Bonchev–Trinajstić information content (AvgIpc) is 3.09. The minimum absolute atomic E-state index is 0.0935. The van der Waals surface area contributed by atoms with E-state index >= 15 is 0 Å². The largest absolute Gasteiger partial charge is 0.744 e. The zero-order valence-corrected chi connectivity index (χ0v) is 16.5. The van der Waals surface area contributed by atoms with Crippen LogP contribution in [-0.2, 0) is 21.5 Å². The van der Waals surface area contributed by atoms with Gasteiger partial charge in [-0.2, -0.15) is 0 Å². The van der Waals surface area contributed by atoms with Crippen molar-refractivity contribution < 1.29 is 36.6 Å². The molecule has 0 aliphatic carbocycles. The number of oxazole rings is 1. The van der Waals surface area contributed by atoms with E-state index in [0.717, 1.165) is 25.5 Å². The van der Waals surface area contributed by atoms with E-state index < -0.39 is 21.0 Å². The van der Waals surface area contributed by atoms with Gasteiger partial charge in [0.2, 0.25) is 5.89 Å². The van der Waals surface area contributed by atoms with Crippen LogP contribution < -0.4 is 9.30 Å². The number of pyridine rings is 1. The highest BCUT2D eigenvalue weighted by atomic mass is 32.2. The molecule has 0 spiro atoms. The van der Waals surface area contributed by atoms with Crippen molar-refractivity contribution >= 4 is 27.2 Å². The van der Waals surface area contributed by atoms with Crippen molar-refractivity contribution in [2.45, 2.75) is 37.1 Å². The molecule has 0 aliphatic rings. The van der Waals surface area contributed by atoms with Crippen LogP contribution in [-0.4, -0.2) is 36.1 Å². The summed E-state index contributed by atoms with van der Waals surface area (Å²) in [5.74, 6) is -0.585. The van der Waals surface area contributed by atoms with E-state index in [4.69, 9.17) is 14.3 Å². The molecule has 0 unspecified atom stereocenters. The Bertz CT molecular complexity index is 1120. The van der Waals surface area contributed by atoms with Gasteiger partial charge in [-0.05, 0) is 18.9 Å². The standard InChI is InChI=1S/C19H20N2O7S/c1-27-16-12-15-14(11-17(16)29(24,25)26)20-19(28-15)13-6-9-21(10-7-13)8-4-2-3-5-18(22)23/h6-7,9-12H,2-5,8H2,1H3,(H-,22,23,24,25,26). The van der Waals surface area contributed by atoms with Crippen LogP contribution in [0.2, 0.25) is 0 Å². The topological polar surface area (TPSA) is 134 Å². The zero-order chi connectivity index (χ0) is 21.0. The number of carboxylic acid groups (broad SMARTS) is 1. The molecular formula is C19H20N2O7S. The summed E-state index contributed by atoms with van der Waals surface area (Å²) in [5, 5.41) is 8.63. The first-order chi connectivity index (χ1) is 13.8. The summed E-state index contributed by atoms with van der Waals surface area (Å²) in [6.45, 7) is 0.759. The molecule has 154 valence electrons. The number of carbonyl (C=O) groups is 1. The van der Waals surface area contributed by atoms with Crippen molar-refractivity contribution in [3.63, 3.8) is 0 Å². The predicted molar refractivity (Wildman–Crippen MR) is 100 cm³/mol. The molecule has 9 nitrogen and oxygen atoms in total. The van der Waals surface area contributed by atoms with E-state index in [1.54, 1.807) is 0 Å². The maximum Gasteiger partial charge on any atom is 0.303 e. The molecule has 10 heteroatoms. The minimum atomic E-state index is -4.71. The smallest absolute Gasteiger partial charge is 0.303 e. The average molecular weight is 420 g/mol. The first kappa shape index (κ1) is 20.7. The maximum atomic E-state index is 11.4. The molecule has 1 N–H and O–H groups in total. The first-order valence-corrected chi connectivity index (χ1v) is 10.3. The number of unbranched alkanes of at least 4 members (excludes halogenated alkanes) is 2. The molecule has 0 aliphatic heterocycles. The van der Waals surface area contributed by atoms with Crippen molar-refractivity contribution in [2.75, 3.05) is 7.11 Å². The van der Waals surface area contributed by atoms with Gasteiger partial charge in [0.1, 0.15) is 27.9 Å². The molecule has 1 aromatic carbocycles. The van der Waals surface area contributed by atoms with Gasteiger partial charge in [-0.25, -0.2) is 18.0 Å². The van der Waals surface area contributed by atoms with Gasteiger partial charge in [0, 0.05) is 36.6 Å². The minimum Gasteiger partial charge on any atom is -0.744 e. The van der Waals surface area contributed by atoms with E-state index in [1.807, 2.05) is 29.1 Å². The number of ether oxygens (including phenoxy) is 1. The molecule has 2 aromatic heterocycles. The Balaban J connectivity index is 1.76. The fraction of sp³-hybridized carbons (Fsp3) is 0.316. The molecule has 0 bridgehead atoms. The lowest BCUT2D eigenvalue weighted by molar-refractivity contribution is -0.697. The third kappa shape index (κ3) is 5.09. The van der Waals surface area contributed by atoms with Gasteiger partial charge in [-0.1, -0.05) is 0 Å². The number of benzene rings is 1. The van der Waals surface area contributed by atoms with E-state index in [9.17, 15) is 17.8 Å². The maximum absolute atomic E-state index is 11.4. The highest BCUT2D eigenvalue weighted by Crippen LogP contribution is 2.32. The highest BCUT2D eigenvalue weighted by molar-refractivity contribution is 7.85. The summed E-state index contributed by atoms with van der Waals surface area (Å²) < 4.78 is 46.8. The summed E-state index contributed by atoms with van der Waals surface area (Å²) in [6, 6.07) is 6.09. The molecule has 0 saturated heterocycles. The number of nitrogens with zero attached hydrogens (tertiary/aromatic N) is 2. The normalized spacial score (nSPS) is 11.7. The zero-order valence-electron chi connectivity index (χ0n) is 15.7. The van der Waals surface area contributed by atoms with Crippen molar-refractivity contribution in [2.24, 2.45) is 0 Å². The van der Waals surface area contributed by atoms with Gasteiger partial charge in [0.25, 0.3) is 0 Å². The van der Waals surface area contributed by atoms with Gasteiger partial charge in [0.15, 0.2) is 18.0 Å². The number of methoxy groups -OCH3 is 1. The number of carboxylic acids is 1. The Hall–Kier alpha value is -2.98. The van der Waals surface area contributed by atoms with E-state index in [-0.39, 0.29) is 23.6 Å². The van der Waals surface area contributed by atoms with E-state index in [2.05, 4.69) is 4.98 Å². The molecular weight excluding hydrogens is 400 g/mol. The van der Waals surface area contributed by atoms with Crippen LogP contribution >= 0.6 is 0 Å². The number of hydrogen-bond acceptors (Lipinski definition) is 7. The molecule has 2 heterocycles. The SMILES string of the molecule is COc1cc2oc(-c3cc[n+](CCCCCC(=O)O)cc3)nc2cc1S(=O)(=O)[O-]. The molecule has 0 fully saturated rings. The van der Waals surface area contributed by atoms with E-state index in [1.165, 1.54) is 13.2 Å². The second-order valence-electron chi connectivity index (χ2n) is 6.47. The third-order valence-corrected chi connectivity index (χ3v) is 5.25. The second-order valence-corrected chi connectivity index (χ2v) is 7.82. The number of hydrogen-bond donors (Lipinski definition) is 1. The summed E-state index contributed by atoms with van der Waals surface area (Å²) in [6.07, 6.45) is 6.25. The number of aromatic nitrogens is 2. The lowest BCUT2D eigenvalue weighted by Gasteiger charge is -2.11. The molecule has 29 heavy (non-hydrogen) atoms. The van der Waals surface area contributed by atoms with Crippen LogP contribution in [0.25, 0.3) is 22.6 Å². The lowest BCUT2D eigenvalue weighted by atomic mass is 10.2. The predicted octanol–water partition coefficient (Wildman–Crippen LogP) is 2.34. The number of rotatable bonds is 9.